The predicted molar refractivity (Wildman–Crippen MR) is 280 cm³/mol. The number of aliphatic hydroxyl groups excluding tert-OH is 1. The fourth-order valence-corrected chi connectivity index (χ4v) is 10.7. The number of amides is 7. The lowest BCUT2D eigenvalue weighted by Crippen LogP contribution is -2.59. The molecule has 0 aromatic heterocycles. The third kappa shape index (κ3) is 18.4. The molecule has 79 heavy (non-hydrogen) atoms. The normalized spacial score (nSPS) is 22.5. The van der Waals surface area contributed by atoms with Crippen LogP contribution < -0.4 is 36.8 Å². The van der Waals surface area contributed by atoms with Crippen molar-refractivity contribution in [2.24, 2.45) is 11.8 Å². The lowest BCUT2D eigenvalue weighted by molar-refractivity contribution is -0.155. The van der Waals surface area contributed by atoms with Crippen LogP contribution in [0.1, 0.15) is 82.8 Å². The first kappa shape index (κ1) is 61.4. The second-order valence-electron chi connectivity index (χ2n) is 21.1. The summed E-state index contributed by atoms with van der Waals surface area (Å²) in [6, 6.07) is -0.0968. The van der Waals surface area contributed by atoms with Crippen LogP contribution in [0.3, 0.4) is 0 Å². The zero-order valence-corrected chi connectivity index (χ0v) is 45.0. The van der Waals surface area contributed by atoms with Gasteiger partial charge in [-0.2, -0.15) is 0 Å². The number of piperidine rings is 1. The number of carboxylic acid groups (broad SMARTS) is 3. The lowest BCUT2D eigenvalue weighted by atomic mass is 9.96. The van der Waals surface area contributed by atoms with Gasteiger partial charge in [-0.15, -0.1) is 0 Å². The molecule has 3 fully saturated rings. The average molecular weight is 1110 g/mol. The Morgan fingerprint density at radius 2 is 1.27 bits per heavy atom. The summed E-state index contributed by atoms with van der Waals surface area (Å²) in [6.07, 6.45) is -0.247. The summed E-state index contributed by atoms with van der Waals surface area (Å²) in [5.41, 5.74) is 2.09. The minimum atomic E-state index is -1.54. The second-order valence-corrected chi connectivity index (χ2v) is 21.1. The summed E-state index contributed by atoms with van der Waals surface area (Å²) in [5, 5.41) is 54.2. The Hall–Kier alpha value is -6.81. The number of hydrogen-bond acceptors (Lipinski definition) is 17. The van der Waals surface area contributed by atoms with Crippen molar-refractivity contribution in [3.05, 3.63) is 29.3 Å². The number of carboxylic acids is 3. The number of rotatable bonds is 26. The molecule has 3 saturated heterocycles. The van der Waals surface area contributed by atoms with Crippen LogP contribution >= 0.6 is 0 Å². The number of aliphatic carboxylic acids is 3. The number of cyclic esters (lactones) is 1. The van der Waals surface area contributed by atoms with E-state index in [4.69, 9.17) is 4.74 Å². The van der Waals surface area contributed by atoms with Crippen molar-refractivity contribution in [3.8, 4) is 0 Å². The summed E-state index contributed by atoms with van der Waals surface area (Å²) in [5.74, 6) is -7.99. The van der Waals surface area contributed by atoms with Gasteiger partial charge in [0.1, 0.15) is 30.2 Å². The summed E-state index contributed by atoms with van der Waals surface area (Å²) in [6.45, 7) is 8.47. The van der Waals surface area contributed by atoms with Crippen LogP contribution in [0, 0.1) is 11.8 Å². The number of ether oxygens (including phenoxy) is 1. The van der Waals surface area contributed by atoms with Gasteiger partial charge in [-0.3, -0.25) is 72.3 Å². The van der Waals surface area contributed by atoms with Gasteiger partial charge in [-0.1, -0.05) is 38.5 Å². The second kappa shape index (κ2) is 29.4. The maximum absolute atomic E-state index is 14.3. The average Bonchev–Trinajstić information content (AvgIpc) is 4.08. The molecule has 0 spiro atoms. The quantitative estimate of drug-likeness (QED) is 0.0409. The Morgan fingerprint density at radius 3 is 1.86 bits per heavy atom. The highest BCUT2D eigenvalue weighted by molar-refractivity contribution is 6.08. The minimum Gasteiger partial charge on any atom is -0.481 e. The van der Waals surface area contributed by atoms with Crippen LogP contribution in [0.4, 0.5) is 5.69 Å². The van der Waals surface area contributed by atoms with Gasteiger partial charge in [0.15, 0.2) is 0 Å². The molecule has 2 unspecified atom stereocenters. The Balaban J connectivity index is 0.923. The van der Waals surface area contributed by atoms with E-state index in [0.717, 1.165) is 30.5 Å². The number of aryl methyl sites for hydroxylation is 1. The summed E-state index contributed by atoms with van der Waals surface area (Å²) in [4.78, 5) is 150. The number of benzene rings is 1. The molecule has 0 aliphatic carbocycles. The van der Waals surface area contributed by atoms with Crippen molar-refractivity contribution in [1.82, 2.24) is 51.5 Å². The first-order chi connectivity index (χ1) is 37.7. The SMILES string of the molecule is CC[C@H](C)[C@H](NC(=O)CCNC(=O)[C@@H](CCC(=O)O)NC(=O)CCNC(=O)CN1CCC(CN2CCN(CC(=O)O)CCN(CC(=O)O)CC2)CC1)C(=O)N[C@H]1CCc2cccc3c2N(C1=O)[C@H](C(=O)NC1CC(=O)OC1O)C3. The number of aliphatic hydroxyl groups is 1. The topological polar surface area (TPSA) is 366 Å². The molecule has 0 saturated carbocycles. The molecule has 7 amide bonds. The van der Waals surface area contributed by atoms with Crippen molar-refractivity contribution in [2.45, 2.75) is 121 Å². The molecular weight excluding hydrogens is 1030 g/mol. The van der Waals surface area contributed by atoms with E-state index in [2.05, 4.69) is 36.8 Å². The molecule has 436 valence electrons. The first-order valence-electron chi connectivity index (χ1n) is 27.3. The number of esters is 1. The molecule has 0 bridgehead atoms. The van der Waals surface area contributed by atoms with Crippen LogP contribution in [0.5, 0.6) is 0 Å². The van der Waals surface area contributed by atoms with Gasteiger partial charge in [0, 0.05) is 84.6 Å². The highest BCUT2D eigenvalue weighted by Crippen LogP contribution is 2.39. The van der Waals surface area contributed by atoms with Gasteiger partial charge in [0.2, 0.25) is 47.6 Å². The molecular formula is C52H77N11O16. The number of hydrogen-bond donors (Lipinski definition) is 10. The maximum Gasteiger partial charge on any atom is 0.317 e. The number of nitrogens with zero attached hydrogens (tertiary/aromatic N) is 5. The predicted octanol–water partition coefficient (Wildman–Crippen LogP) is -3.18. The van der Waals surface area contributed by atoms with E-state index in [0.29, 0.717) is 76.8 Å². The zero-order chi connectivity index (χ0) is 57.3. The third-order valence-corrected chi connectivity index (χ3v) is 15.3. The molecule has 10 N–H and O–H groups in total. The molecule has 1 aromatic rings. The van der Waals surface area contributed by atoms with Crippen molar-refractivity contribution >= 4 is 70.9 Å². The fraction of sp³-hybridized carbons (Fsp3) is 0.673. The maximum atomic E-state index is 14.3. The molecule has 0 radical (unpaired) electrons. The van der Waals surface area contributed by atoms with E-state index in [9.17, 15) is 73.2 Å². The minimum absolute atomic E-state index is 0.0575. The highest BCUT2D eigenvalue weighted by Gasteiger charge is 2.46. The molecule has 5 aliphatic rings. The van der Waals surface area contributed by atoms with Crippen LogP contribution in [-0.2, 0) is 70.3 Å². The zero-order valence-electron chi connectivity index (χ0n) is 45.0. The number of carbonyl (C=O) groups is 11. The largest absolute Gasteiger partial charge is 0.481 e. The van der Waals surface area contributed by atoms with Crippen LogP contribution in [0.25, 0.3) is 0 Å². The van der Waals surface area contributed by atoms with Crippen LogP contribution in [0.2, 0.25) is 0 Å². The van der Waals surface area contributed by atoms with E-state index in [1.165, 1.54) is 4.90 Å². The molecule has 5 aliphatic heterocycles. The van der Waals surface area contributed by atoms with Crippen molar-refractivity contribution in [1.29, 1.82) is 0 Å². The molecule has 6 rings (SSSR count). The van der Waals surface area contributed by atoms with Crippen LogP contribution in [0.15, 0.2) is 18.2 Å². The number of nitrogens with one attached hydrogen (secondary N) is 6. The third-order valence-electron chi connectivity index (χ3n) is 15.3. The summed E-state index contributed by atoms with van der Waals surface area (Å²) >= 11 is 0. The number of carbonyl (C=O) groups excluding carboxylic acids is 8. The van der Waals surface area contributed by atoms with E-state index < -0.39 is 108 Å². The monoisotopic (exact) mass is 1110 g/mol. The number of para-hydroxylation sites is 1. The Labute approximate surface area is 457 Å². The Bertz CT molecular complexity index is 2380. The van der Waals surface area contributed by atoms with E-state index in [1.807, 2.05) is 33.8 Å². The molecule has 5 heterocycles. The van der Waals surface area contributed by atoms with Gasteiger partial charge < -0.3 is 62.0 Å². The van der Waals surface area contributed by atoms with Gasteiger partial charge in [0.25, 0.3) is 0 Å². The molecule has 1 aromatic carbocycles. The van der Waals surface area contributed by atoms with Crippen molar-refractivity contribution in [2.75, 3.05) is 96.5 Å². The van der Waals surface area contributed by atoms with Gasteiger partial charge in [-0.05, 0) is 68.2 Å². The summed E-state index contributed by atoms with van der Waals surface area (Å²) in [7, 11) is 0. The van der Waals surface area contributed by atoms with Crippen molar-refractivity contribution < 1.29 is 77.9 Å². The van der Waals surface area contributed by atoms with Gasteiger partial charge >= 0.3 is 23.9 Å². The first-order valence-corrected chi connectivity index (χ1v) is 27.3. The molecule has 27 heteroatoms. The highest BCUT2D eigenvalue weighted by atomic mass is 16.6. The smallest absolute Gasteiger partial charge is 0.317 e. The van der Waals surface area contributed by atoms with Gasteiger partial charge in [-0.25, -0.2) is 0 Å². The standard InChI is InChI=1S/C52H77N11O16/c1-3-31(2)46(50(76)56-36-8-7-33-5-4-6-34-25-38(63(47(33)34)51(36)77)49(75)57-37-26-45(73)79-52(37)78)58-40(65)12-16-54-48(74)35(9-10-42(67)68)55-39(64)11-15-53-41(66)28-59-17-13-32(14-18-59)27-60-19-21-61(29-43(69)70)23-24-62(22-20-60)30-44(71)72/h4-6,31-32,35-38,46,52,78H,3,7-30H2,1-2H3,(H,53,66)(H,54,74)(H,55,64)(H,56,76)(H,57,75)(H,58,65)(H,67,68)(H,69,70)(H,71,72)/t31-,35+,36-,37?,38-,46-,52?/m0/s1. The number of anilines is 1. The molecule has 7 atom stereocenters. The molecule has 27 nitrogen and oxygen atoms in total. The van der Waals surface area contributed by atoms with Gasteiger partial charge in [0.05, 0.1) is 31.7 Å². The van der Waals surface area contributed by atoms with Crippen molar-refractivity contribution in [3.63, 3.8) is 0 Å². The van der Waals surface area contributed by atoms with E-state index >= 15 is 0 Å². The Morgan fingerprint density at radius 1 is 0.671 bits per heavy atom. The number of likely N-dealkylation sites (tertiary alicyclic amines) is 1. The van der Waals surface area contributed by atoms with E-state index in [1.54, 1.807) is 13.0 Å². The fourth-order valence-electron chi connectivity index (χ4n) is 10.7. The van der Waals surface area contributed by atoms with Crippen LogP contribution in [-0.4, -0.2) is 233 Å². The Kier molecular flexibility index (Phi) is 22.9. The lowest BCUT2D eigenvalue weighted by Gasteiger charge is -2.35. The van der Waals surface area contributed by atoms with E-state index in [-0.39, 0.29) is 77.2 Å². The summed E-state index contributed by atoms with van der Waals surface area (Å²) < 4.78 is 4.76.